The average Bonchev–Trinajstić information content (AvgIpc) is 2.74. The molecule has 2 aromatic rings. The molecule has 4 heteroatoms. The molecule has 2 rings (SSSR count). The molecule has 0 saturated heterocycles. The first kappa shape index (κ1) is 16.8. The largest absolute Gasteiger partial charge is 0.298 e. The molecule has 0 radical (unpaired) electrons. The standard InChI is InChI=1S/C18H23ClN2O/c1-17(2,3)13-9-7-12(8-10-13)15-14(11-22)16(19)21(20-15)18(4,5)6/h7-11H,1-6H3. The average molecular weight is 319 g/mol. The maximum Gasteiger partial charge on any atom is 0.155 e. The van der Waals surface area contributed by atoms with Gasteiger partial charge in [-0.15, -0.1) is 0 Å². The number of rotatable bonds is 2. The van der Waals surface area contributed by atoms with E-state index in [2.05, 4.69) is 38.0 Å². The minimum absolute atomic E-state index is 0.0917. The number of nitrogens with zero attached hydrogens (tertiary/aromatic N) is 2. The van der Waals surface area contributed by atoms with Crippen molar-refractivity contribution in [1.29, 1.82) is 0 Å². The van der Waals surface area contributed by atoms with Gasteiger partial charge in [-0.05, 0) is 31.7 Å². The van der Waals surface area contributed by atoms with E-state index < -0.39 is 0 Å². The zero-order chi connectivity index (χ0) is 16.7. The van der Waals surface area contributed by atoms with Gasteiger partial charge in [-0.25, -0.2) is 4.68 Å². The third-order valence-corrected chi connectivity index (χ3v) is 4.00. The lowest BCUT2D eigenvalue weighted by Gasteiger charge is -2.20. The van der Waals surface area contributed by atoms with Crippen LogP contribution in [0.3, 0.4) is 0 Å². The van der Waals surface area contributed by atoms with Crippen LogP contribution >= 0.6 is 11.6 Å². The number of aldehydes is 1. The van der Waals surface area contributed by atoms with E-state index in [0.717, 1.165) is 11.8 Å². The third-order valence-electron chi connectivity index (χ3n) is 3.64. The summed E-state index contributed by atoms with van der Waals surface area (Å²) in [5, 5.41) is 4.95. The van der Waals surface area contributed by atoms with E-state index in [9.17, 15) is 4.79 Å². The molecule has 0 amide bonds. The highest BCUT2D eigenvalue weighted by molar-refractivity contribution is 6.32. The summed E-state index contributed by atoms with van der Waals surface area (Å²) in [6.45, 7) is 12.5. The van der Waals surface area contributed by atoms with Crippen molar-refractivity contribution in [2.24, 2.45) is 0 Å². The molecule has 118 valence electrons. The summed E-state index contributed by atoms with van der Waals surface area (Å²) in [7, 11) is 0. The number of carbonyl (C=O) groups is 1. The second kappa shape index (κ2) is 5.54. The Balaban J connectivity index is 2.56. The van der Waals surface area contributed by atoms with Gasteiger partial charge in [-0.3, -0.25) is 4.79 Å². The van der Waals surface area contributed by atoms with Gasteiger partial charge in [0.1, 0.15) is 10.8 Å². The van der Waals surface area contributed by atoms with Crippen molar-refractivity contribution >= 4 is 17.9 Å². The molecule has 0 aliphatic rings. The number of carbonyl (C=O) groups excluding carboxylic acids is 1. The van der Waals surface area contributed by atoms with Crippen LogP contribution in [-0.4, -0.2) is 16.1 Å². The van der Waals surface area contributed by atoms with E-state index in [0.29, 0.717) is 16.4 Å². The Kier molecular flexibility index (Phi) is 4.22. The van der Waals surface area contributed by atoms with Crippen molar-refractivity contribution in [2.45, 2.75) is 52.5 Å². The van der Waals surface area contributed by atoms with Gasteiger partial charge in [0.2, 0.25) is 0 Å². The smallest absolute Gasteiger partial charge is 0.155 e. The number of hydrogen-bond acceptors (Lipinski definition) is 2. The Morgan fingerprint density at radius 3 is 2.00 bits per heavy atom. The first-order chi connectivity index (χ1) is 10.1. The molecule has 22 heavy (non-hydrogen) atoms. The molecule has 0 bridgehead atoms. The van der Waals surface area contributed by atoms with E-state index in [-0.39, 0.29) is 11.0 Å². The van der Waals surface area contributed by atoms with Crippen molar-refractivity contribution in [3.63, 3.8) is 0 Å². The molecule has 0 aliphatic carbocycles. The normalized spacial score (nSPS) is 12.5. The van der Waals surface area contributed by atoms with Gasteiger partial charge >= 0.3 is 0 Å². The van der Waals surface area contributed by atoms with Gasteiger partial charge in [0, 0.05) is 5.56 Å². The van der Waals surface area contributed by atoms with Gasteiger partial charge in [-0.2, -0.15) is 5.10 Å². The van der Waals surface area contributed by atoms with Gasteiger partial charge in [0.05, 0.1) is 11.1 Å². The molecule has 0 fully saturated rings. The summed E-state index contributed by atoms with van der Waals surface area (Å²) < 4.78 is 1.70. The fourth-order valence-corrected chi connectivity index (χ4v) is 2.73. The Morgan fingerprint density at radius 1 is 1.05 bits per heavy atom. The SMILES string of the molecule is CC(C)(C)c1ccc(-c2nn(C(C)(C)C)c(Cl)c2C=O)cc1. The van der Waals surface area contributed by atoms with E-state index in [1.807, 2.05) is 32.9 Å². The van der Waals surface area contributed by atoms with Crippen molar-refractivity contribution in [1.82, 2.24) is 9.78 Å². The summed E-state index contributed by atoms with van der Waals surface area (Å²) in [5.41, 5.74) is 3.04. The van der Waals surface area contributed by atoms with Crippen molar-refractivity contribution in [2.75, 3.05) is 0 Å². The molecule has 0 unspecified atom stereocenters. The zero-order valence-corrected chi connectivity index (χ0v) is 14.8. The first-order valence-electron chi connectivity index (χ1n) is 7.41. The van der Waals surface area contributed by atoms with E-state index in [1.54, 1.807) is 4.68 Å². The van der Waals surface area contributed by atoms with Gasteiger partial charge < -0.3 is 0 Å². The van der Waals surface area contributed by atoms with E-state index in [4.69, 9.17) is 11.6 Å². The van der Waals surface area contributed by atoms with Crippen LogP contribution in [0.25, 0.3) is 11.3 Å². The lowest BCUT2D eigenvalue weighted by molar-refractivity contribution is 0.112. The molecule has 0 atom stereocenters. The predicted octanol–water partition coefficient (Wildman–Crippen LogP) is 5.07. The van der Waals surface area contributed by atoms with Crippen LogP contribution in [0.5, 0.6) is 0 Å². The predicted molar refractivity (Wildman–Crippen MR) is 91.8 cm³/mol. The van der Waals surface area contributed by atoms with Crippen LogP contribution in [-0.2, 0) is 11.0 Å². The van der Waals surface area contributed by atoms with Crippen LogP contribution in [0.2, 0.25) is 5.15 Å². The summed E-state index contributed by atoms with van der Waals surface area (Å²) in [6, 6.07) is 8.15. The highest BCUT2D eigenvalue weighted by Gasteiger charge is 2.24. The second-order valence-corrected chi connectivity index (χ2v) is 7.94. The maximum absolute atomic E-state index is 11.5. The number of hydrogen-bond donors (Lipinski definition) is 0. The minimum atomic E-state index is -0.279. The molecular formula is C18H23ClN2O. The lowest BCUT2D eigenvalue weighted by Crippen LogP contribution is -2.23. The zero-order valence-electron chi connectivity index (χ0n) is 14.1. The molecule has 1 aromatic heterocycles. The molecule has 0 spiro atoms. The summed E-state index contributed by atoms with van der Waals surface area (Å²) in [4.78, 5) is 11.5. The van der Waals surface area contributed by atoms with Gasteiger partial charge in [0.25, 0.3) is 0 Å². The fourth-order valence-electron chi connectivity index (χ4n) is 2.30. The maximum atomic E-state index is 11.5. The van der Waals surface area contributed by atoms with Crippen LogP contribution in [0, 0.1) is 0 Å². The van der Waals surface area contributed by atoms with Crippen LogP contribution in [0.4, 0.5) is 0 Å². The highest BCUT2D eigenvalue weighted by atomic mass is 35.5. The minimum Gasteiger partial charge on any atom is -0.298 e. The summed E-state index contributed by atoms with van der Waals surface area (Å²) >= 11 is 6.34. The summed E-state index contributed by atoms with van der Waals surface area (Å²) in [5.74, 6) is 0. The number of benzene rings is 1. The Morgan fingerprint density at radius 2 is 1.59 bits per heavy atom. The van der Waals surface area contributed by atoms with Crippen molar-refractivity contribution in [3.8, 4) is 11.3 Å². The number of aromatic nitrogens is 2. The highest BCUT2D eigenvalue weighted by Crippen LogP contribution is 2.32. The Hall–Kier alpha value is -1.61. The monoisotopic (exact) mass is 318 g/mol. The molecule has 1 aromatic carbocycles. The van der Waals surface area contributed by atoms with Crippen LogP contribution in [0.15, 0.2) is 24.3 Å². The molecule has 0 aliphatic heterocycles. The fraction of sp³-hybridized carbons (Fsp3) is 0.444. The van der Waals surface area contributed by atoms with Gasteiger partial charge in [0.15, 0.2) is 6.29 Å². The van der Waals surface area contributed by atoms with E-state index in [1.165, 1.54) is 5.56 Å². The quantitative estimate of drug-likeness (QED) is 0.725. The molecule has 0 N–H and O–H groups in total. The lowest BCUT2D eigenvalue weighted by atomic mass is 9.86. The Labute approximate surface area is 137 Å². The molecule has 0 saturated carbocycles. The Bertz CT molecular complexity index is 686. The molecule has 3 nitrogen and oxygen atoms in total. The van der Waals surface area contributed by atoms with Crippen LogP contribution < -0.4 is 0 Å². The first-order valence-corrected chi connectivity index (χ1v) is 7.78. The van der Waals surface area contributed by atoms with Crippen LogP contribution in [0.1, 0.15) is 57.5 Å². The van der Waals surface area contributed by atoms with Crippen molar-refractivity contribution in [3.05, 3.63) is 40.5 Å². The molecular weight excluding hydrogens is 296 g/mol. The number of halogens is 1. The second-order valence-electron chi connectivity index (χ2n) is 7.58. The molecule has 1 heterocycles. The van der Waals surface area contributed by atoms with Gasteiger partial charge in [-0.1, -0.05) is 56.6 Å². The topological polar surface area (TPSA) is 34.9 Å². The third kappa shape index (κ3) is 3.09. The van der Waals surface area contributed by atoms with E-state index >= 15 is 0 Å². The summed E-state index contributed by atoms with van der Waals surface area (Å²) in [6.07, 6.45) is 0.782. The van der Waals surface area contributed by atoms with Crippen molar-refractivity contribution < 1.29 is 4.79 Å².